The second kappa shape index (κ2) is 7.59. The fraction of sp³-hybridized carbons (Fsp3) is 0.650. The average Bonchev–Trinajstić information content (AvgIpc) is 3.14. The highest BCUT2D eigenvalue weighted by molar-refractivity contribution is 7.92. The number of nitrogens with one attached hydrogen (secondary N) is 1. The van der Waals surface area contributed by atoms with Crippen LogP contribution in [-0.4, -0.2) is 32.7 Å². The second-order valence-electron chi connectivity index (χ2n) is 7.87. The van der Waals surface area contributed by atoms with Crippen molar-refractivity contribution in [2.45, 2.75) is 70.9 Å². The Morgan fingerprint density at radius 3 is 2.77 bits per heavy atom. The predicted molar refractivity (Wildman–Crippen MR) is 105 cm³/mol. The van der Waals surface area contributed by atoms with Crippen LogP contribution in [0.2, 0.25) is 0 Å². The molecule has 0 aromatic heterocycles. The van der Waals surface area contributed by atoms with Crippen molar-refractivity contribution in [3.63, 3.8) is 0 Å². The molecule has 1 amide bonds. The van der Waals surface area contributed by atoms with E-state index in [1.807, 2.05) is 13.0 Å². The molecule has 0 spiro atoms. The van der Waals surface area contributed by atoms with E-state index in [2.05, 4.69) is 12.2 Å². The van der Waals surface area contributed by atoms with E-state index in [1.54, 1.807) is 12.1 Å². The number of amides is 1. The maximum atomic E-state index is 12.7. The van der Waals surface area contributed by atoms with Gasteiger partial charge in [-0.15, -0.1) is 0 Å². The van der Waals surface area contributed by atoms with E-state index < -0.39 is 10.0 Å². The van der Waals surface area contributed by atoms with Crippen molar-refractivity contribution >= 4 is 21.6 Å². The topological polar surface area (TPSA) is 66.5 Å². The molecular weight excluding hydrogens is 348 g/mol. The largest absolute Gasteiger partial charge is 0.349 e. The fourth-order valence-corrected chi connectivity index (χ4v) is 5.80. The first kappa shape index (κ1) is 19.2. The smallest absolute Gasteiger partial charge is 0.251 e. The summed E-state index contributed by atoms with van der Waals surface area (Å²) in [6, 6.07) is 5.56. The first-order chi connectivity index (χ1) is 12.3. The number of carbonyl (C=O) groups excluding carboxylic acids is 1. The SMILES string of the molecule is CCCCC1CCCC1NC(=O)c1ccc2c(c1)CC(C)N2S(C)(=O)=O. The monoisotopic (exact) mass is 378 g/mol. The normalized spacial score (nSPS) is 25.3. The highest BCUT2D eigenvalue weighted by Crippen LogP contribution is 2.35. The Morgan fingerprint density at radius 1 is 1.31 bits per heavy atom. The Bertz CT molecular complexity index is 775. The van der Waals surface area contributed by atoms with Crippen molar-refractivity contribution in [2.75, 3.05) is 10.6 Å². The number of hydrogen-bond acceptors (Lipinski definition) is 3. The first-order valence-electron chi connectivity index (χ1n) is 9.74. The molecular formula is C20H30N2O3S. The summed E-state index contributed by atoms with van der Waals surface area (Å²) in [4.78, 5) is 12.7. The molecule has 3 atom stereocenters. The molecule has 1 heterocycles. The summed E-state index contributed by atoms with van der Waals surface area (Å²) in [5, 5.41) is 3.23. The molecule has 0 saturated heterocycles. The zero-order valence-electron chi connectivity index (χ0n) is 16.0. The molecule has 0 bridgehead atoms. The van der Waals surface area contributed by atoms with Gasteiger partial charge in [-0.2, -0.15) is 0 Å². The van der Waals surface area contributed by atoms with E-state index in [9.17, 15) is 13.2 Å². The van der Waals surface area contributed by atoms with E-state index in [1.165, 1.54) is 42.7 Å². The summed E-state index contributed by atoms with van der Waals surface area (Å²) in [6.07, 6.45) is 8.92. The number of fused-ring (bicyclic) bond motifs is 1. The van der Waals surface area contributed by atoms with Gasteiger partial charge in [0, 0.05) is 17.6 Å². The Morgan fingerprint density at radius 2 is 2.08 bits per heavy atom. The molecule has 144 valence electrons. The molecule has 0 radical (unpaired) electrons. The van der Waals surface area contributed by atoms with Gasteiger partial charge in [0.1, 0.15) is 0 Å². The molecule has 6 heteroatoms. The summed E-state index contributed by atoms with van der Waals surface area (Å²) in [6.45, 7) is 4.10. The molecule has 1 fully saturated rings. The quantitative estimate of drug-likeness (QED) is 0.824. The number of nitrogens with zero attached hydrogens (tertiary/aromatic N) is 1. The minimum atomic E-state index is -3.30. The Balaban J connectivity index is 1.73. The van der Waals surface area contributed by atoms with Crippen LogP contribution < -0.4 is 9.62 Å². The van der Waals surface area contributed by atoms with E-state index in [0.717, 1.165) is 12.0 Å². The van der Waals surface area contributed by atoms with Gasteiger partial charge in [-0.3, -0.25) is 9.10 Å². The third-order valence-electron chi connectivity index (χ3n) is 5.76. The molecule has 1 N–H and O–H groups in total. The molecule has 1 aliphatic carbocycles. The zero-order valence-corrected chi connectivity index (χ0v) is 16.8. The summed E-state index contributed by atoms with van der Waals surface area (Å²) in [5.74, 6) is 0.556. The van der Waals surface area contributed by atoms with E-state index in [4.69, 9.17) is 0 Å². The van der Waals surface area contributed by atoms with Gasteiger partial charge in [0.05, 0.1) is 11.9 Å². The number of hydrogen-bond donors (Lipinski definition) is 1. The lowest BCUT2D eigenvalue weighted by Crippen LogP contribution is -2.37. The first-order valence-corrected chi connectivity index (χ1v) is 11.6. The second-order valence-corrected chi connectivity index (χ2v) is 9.73. The van der Waals surface area contributed by atoms with Gasteiger partial charge in [-0.05, 0) is 62.3 Å². The van der Waals surface area contributed by atoms with Crippen molar-refractivity contribution in [3.05, 3.63) is 29.3 Å². The lowest BCUT2D eigenvalue weighted by atomic mass is 9.96. The van der Waals surface area contributed by atoms with Crippen molar-refractivity contribution in [3.8, 4) is 0 Å². The molecule has 5 nitrogen and oxygen atoms in total. The third-order valence-corrected chi connectivity index (χ3v) is 7.03. The summed E-state index contributed by atoms with van der Waals surface area (Å²) in [7, 11) is -3.30. The summed E-state index contributed by atoms with van der Waals surface area (Å²) < 4.78 is 25.5. The van der Waals surface area contributed by atoms with Crippen LogP contribution in [0.5, 0.6) is 0 Å². The number of unbranched alkanes of at least 4 members (excludes halogenated alkanes) is 1. The maximum absolute atomic E-state index is 12.7. The number of rotatable bonds is 6. The van der Waals surface area contributed by atoms with Gasteiger partial charge in [-0.1, -0.05) is 26.2 Å². The van der Waals surface area contributed by atoms with Crippen LogP contribution in [0.3, 0.4) is 0 Å². The Labute approximate surface area is 157 Å². The number of carbonyl (C=O) groups is 1. The van der Waals surface area contributed by atoms with E-state index >= 15 is 0 Å². The summed E-state index contributed by atoms with van der Waals surface area (Å²) >= 11 is 0. The van der Waals surface area contributed by atoms with Crippen molar-refractivity contribution in [1.82, 2.24) is 5.32 Å². The lowest BCUT2D eigenvalue weighted by Gasteiger charge is -2.22. The Kier molecular flexibility index (Phi) is 5.61. The van der Waals surface area contributed by atoms with Gasteiger partial charge < -0.3 is 5.32 Å². The number of sulfonamides is 1. The fourth-order valence-electron chi connectivity index (χ4n) is 4.54. The minimum Gasteiger partial charge on any atom is -0.349 e. The highest BCUT2D eigenvalue weighted by atomic mass is 32.2. The predicted octanol–water partition coefficient (Wildman–Crippen LogP) is 3.49. The Hall–Kier alpha value is -1.56. The maximum Gasteiger partial charge on any atom is 0.251 e. The van der Waals surface area contributed by atoms with Crippen LogP contribution in [0, 0.1) is 5.92 Å². The van der Waals surface area contributed by atoms with Crippen molar-refractivity contribution in [1.29, 1.82) is 0 Å². The van der Waals surface area contributed by atoms with E-state index in [-0.39, 0.29) is 18.0 Å². The van der Waals surface area contributed by atoms with Gasteiger partial charge >= 0.3 is 0 Å². The van der Waals surface area contributed by atoms with Gasteiger partial charge in [-0.25, -0.2) is 8.42 Å². The highest BCUT2D eigenvalue weighted by Gasteiger charge is 2.33. The van der Waals surface area contributed by atoms with Gasteiger partial charge in [0.25, 0.3) is 5.91 Å². The standard InChI is InChI=1S/C20H30N2O3S/c1-4-5-7-15-8-6-9-18(15)21-20(23)16-10-11-19-17(13-16)12-14(2)22(19)26(3,24)25/h10-11,13-15,18H,4-9,12H2,1-3H3,(H,21,23). The van der Waals surface area contributed by atoms with Gasteiger partial charge in [0.15, 0.2) is 0 Å². The minimum absolute atomic E-state index is 0.0355. The molecule has 1 aromatic rings. The van der Waals surface area contributed by atoms with E-state index in [0.29, 0.717) is 23.6 Å². The third kappa shape index (κ3) is 3.90. The zero-order chi connectivity index (χ0) is 18.9. The van der Waals surface area contributed by atoms with Crippen molar-refractivity contribution < 1.29 is 13.2 Å². The molecule has 2 aliphatic rings. The van der Waals surface area contributed by atoms with Crippen LogP contribution in [0.25, 0.3) is 0 Å². The summed E-state index contributed by atoms with van der Waals surface area (Å²) in [5.41, 5.74) is 2.27. The van der Waals surface area contributed by atoms with Crippen LogP contribution in [-0.2, 0) is 16.4 Å². The molecule has 3 unspecified atom stereocenters. The molecule has 1 aliphatic heterocycles. The van der Waals surface area contributed by atoms with Crippen LogP contribution in [0.1, 0.15) is 68.3 Å². The molecule has 26 heavy (non-hydrogen) atoms. The number of benzene rings is 1. The van der Waals surface area contributed by atoms with Crippen molar-refractivity contribution in [2.24, 2.45) is 5.92 Å². The van der Waals surface area contributed by atoms with Crippen LogP contribution in [0.4, 0.5) is 5.69 Å². The molecule has 1 saturated carbocycles. The molecule has 1 aromatic carbocycles. The van der Waals surface area contributed by atoms with Gasteiger partial charge in [0.2, 0.25) is 10.0 Å². The van der Waals surface area contributed by atoms with Crippen LogP contribution >= 0.6 is 0 Å². The average molecular weight is 379 g/mol. The number of anilines is 1. The van der Waals surface area contributed by atoms with Crippen LogP contribution in [0.15, 0.2) is 18.2 Å². The lowest BCUT2D eigenvalue weighted by molar-refractivity contribution is 0.0926. The molecule has 3 rings (SSSR count).